The Morgan fingerprint density at radius 3 is 1.94 bits per heavy atom. The molecule has 35 heavy (non-hydrogen) atoms. The summed E-state index contributed by atoms with van der Waals surface area (Å²) >= 11 is 0. The van der Waals surface area contributed by atoms with Gasteiger partial charge in [0.2, 0.25) is 0 Å². The number of aryl methyl sites for hydroxylation is 1. The predicted molar refractivity (Wildman–Crippen MR) is 155 cm³/mol. The molecule has 1 nitrogen and oxygen atoms in total. The summed E-state index contributed by atoms with van der Waals surface area (Å²) in [6, 6.07) is 26.9. The Hall–Kier alpha value is -3.06. The smallest absolute Gasteiger partial charge is 0.0484 e. The van der Waals surface area contributed by atoms with Crippen molar-refractivity contribution < 1.29 is 0 Å². The SMILES string of the molecule is C=C(Cc1ccc(CC(C)c2ccc(CC(C)C)cc2)cc1)c1cn(C)c2ccccc12.CCC. The molecule has 0 saturated heterocycles. The maximum Gasteiger partial charge on any atom is 0.0484 e. The van der Waals surface area contributed by atoms with E-state index < -0.39 is 0 Å². The molecule has 0 aliphatic heterocycles. The minimum absolute atomic E-state index is 0.514. The van der Waals surface area contributed by atoms with Gasteiger partial charge in [-0.3, -0.25) is 0 Å². The molecule has 4 aromatic rings. The van der Waals surface area contributed by atoms with E-state index in [0.717, 1.165) is 19.3 Å². The van der Waals surface area contributed by atoms with Gasteiger partial charge < -0.3 is 4.57 Å². The van der Waals surface area contributed by atoms with Crippen molar-refractivity contribution in [3.8, 4) is 0 Å². The van der Waals surface area contributed by atoms with Gasteiger partial charge in [-0.15, -0.1) is 0 Å². The summed E-state index contributed by atoms with van der Waals surface area (Å²) < 4.78 is 2.19. The van der Waals surface area contributed by atoms with Gasteiger partial charge in [-0.2, -0.15) is 0 Å². The van der Waals surface area contributed by atoms with E-state index in [2.05, 4.69) is 132 Å². The molecule has 1 atom stereocenters. The summed E-state index contributed by atoms with van der Waals surface area (Å²) in [4.78, 5) is 0. The van der Waals surface area contributed by atoms with E-state index in [-0.39, 0.29) is 0 Å². The maximum absolute atomic E-state index is 4.41. The number of aromatic nitrogens is 1. The second kappa shape index (κ2) is 12.6. The average Bonchev–Trinajstić information content (AvgIpc) is 3.18. The van der Waals surface area contributed by atoms with Crippen LogP contribution in [-0.2, 0) is 26.3 Å². The second-order valence-corrected chi connectivity index (χ2v) is 10.4. The van der Waals surface area contributed by atoms with Crippen LogP contribution in [0.25, 0.3) is 16.5 Å². The molecule has 0 saturated carbocycles. The van der Waals surface area contributed by atoms with Gasteiger partial charge in [0.1, 0.15) is 0 Å². The normalized spacial score (nSPS) is 11.9. The Bertz CT molecular complexity index is 1210. The molecule has 0 aliphatic rings. The highest BCUT2D eigenvalue weighted by molar-refractivity contribution is 5.93. The van der Waals surface area contributed by atoms with E-state index in [9.17, 15) is 0 Å². The fourth-order valence-electron chi connectivity index (χ4n) is 4.68. The van der Waals surface area contributed by atoms with Crippen LogP contribution in [0.4, 0.5) is 0 Å². The summed E-state index contributed by atoms with van der Waals surface area (Å²) in [6.07, 6.45) is 6.55. The average molecular weight is 466 g/mol. The molecular weight excluding hydrogens is 422 g/mol. The lowest BCUT2D eigenvalue weighted by Crippen LogP contribution is -2.00. The fraction of sp³-hybridized carbons (Fsp3) is 0.353. The molecule has 0 amide bonds. The van der Waals surface area contributed by atoms with Crippen molar-refractivity contribution in [3.05, 3.63) is 113 Å². The monoisotopic (exact) mass is 465 g/mol. The number of nitrogens with zero attached hydrogens (tertiary/aromatic N) is 1. The Kier molecular flexibility index (Phi) is 9.55. The molecule has 1 unspecified atom stereocenters. The quantitative estimate of drug-likeness (QED) is 0.244. The van der Waals surface area contributed by atoms with Crippen molar-refractivity contribution in [3.63, 3.8) is 0 Å². The van der Waals surface area contributed by atoms with Crippen molar-refractivity contribution >= 4 is 16.5 Å². The van der Waals surface area contributed by atoms with Crippen molar-refractivity contribution in [2.45, 2.75) is 66.2 Å². The number of benzene rings is 3. The Morgan fingerprint density at radius 1 is 0.771 bits per heavy atom. The summed E-state index contributed by atoms with van der Waals surface area (Å²) in [5.41, 5.74) is 9.25. The van der Waals surface area contributed by atoms with E-state index >= 15 is 0 Å². The number of rotatable bonds is 8. The molecule has 0 aliphatic carbocycles. The molecule has 0 N–H and O–H groups in total. The van der Waals surface area contributed by atoms with Gasteiger partial charge in [0, 0.05) is 29.7 Å². The summed E-state index contributed by atoms with van der Waals surface area (Å²) in [7, 11) is 2.10. The van der Waals surface area contributed by atoms with Gasteiger partial charge >= 0.3 is 0 Å². The Labute approximate surface area is 213 Å². The zero-order valence-electron chi connectivity index (χ0n) is 22.6. The van der Waals surface area contributed by atoms with E-state index in [1.54, 1.807) is 0 Å². The highest BCUT2D eigenvalue weighted by atomic mass is 14.9. The van der Waals surface area contributed by atoms with E-state index in [4.69, 9.17) is 0 Å². The molecule has 0 bridgehead atoms. The third-order valence-corrected chi connectivity index (χ3v) is 6.45. The predicted octanol–water partition coefficient (Wildman–Crippen LogP) is 9.40. The lowest BCUT2D eigenvalue weighted by molar-refractivity contribution is 0.646. The highest BCUT2D eigenvalue weighted by Gasteiger charge is 2.11. The number of fused-ring (bicyclic) bond motifs is 1. The van der Waals surface area contributed by atoms with Crippen molar-refractivity contribution in [1.82, 2.24) is 4.57 Å². The molecule has 0 spiro atoms. The lowest BCUT2D eigenvalue weighted by atomic mass is 9.91. The largest absolute Gasteiger partial charge is 0.350 e. The number of para-hydroxylation sites is 1. The van der Waals surface area contributed by atoms with Gasteiger partial charge in [0.15, 0.2) is 0 Å². The molecule has 1 heteroatoms. The zero-order valence-corrected chi connectivity index (χ0v) is 22.6. The van der Waals surface area contributed by atoms with Crippen LogP contribution in [0.1, 0.15) is 74.8 Å². The standard InChI is InChI=1S/C31H35N.C3H8/c1-22(2)18-25-14-16-28(17-15-25)23(3)19-26-10-12-27(13-11-26)20-24(4)30-21-32(5)31-9-7-6-8-29(30)31;1-3-2/h6-17,21-23H,4,18-20H2,1-3,5H3;3H2,1-2H3. The maximum atomic E-state index is 4.41. The first-order valence-electron chi connectivity index (χ1n) is 13.2. The number of hydrogen-bond acceptors (Lipinski definition) is 0. The molecule has 3 aromatic carbocycles. The summed E-state index contributed by atoms with van der Waals surface area (Å²) in [5.74, 6) is 1.22. The van der Waals surface area contributed by atoms with E-state index in [1.807, 2.05) is 0 Å². The Balaban J connectivity index is 0.00000108. The van der Waals surface area contributed by atoms with Crippen LogP contribution in [-0.4, -0.2) is 4.57 Å². The summed E-state index contributed by atoms with van der Waals surface area (Å²) in [5, 5.41) is 1.28. The van der Waals surface area contributed by atoms with Crippen LogP contribution >= 0.6 is 0 Å². The third kappa shape index (κ3) is 7.21. The van der Waals surface area contributed by atoms with E-state index in [0.29, 0.717) is 11.8 Å². The van der Waals surface area contributed by atoms with Gasteiger partial charge in [0.05, 0.1) is 0 Å². The lowest BCUT2D eigenvalue weighted by Gasteiger charge is -2.14. The molecular formula is C34H43N. The third-order valence-electron chi connectivity index (χ3n) is 6.45. The topological polar surface area (TPSA) is 4.93 Å². The van der Waals surface area contributed by atoms with Crippen LogP contribution in [0.2, 0.25) is 0 Å². The first kappa shape index (κ1) is 26.5. The highest BCUT2D eigenvalue weighted by Crippen LogP contribution is 2.28. The van der Waals surface area contributed by atoms with Crippen LogP contribution in [0.3, 0.4) is 0 Å². The fourth-order valence-corrected chi connectivity index (χ4v) is 4.68. The van der Waals surface area contributed by atoms with Crippen LogP contribution in [0.5, 0.6) is 0 Å². The first-order chi connectivity index (χ1) is 16.8. The van der Waals surface area contributed by atoms with Gasteiger partial charge in [-0.05, 0) is 65.0 Å². The van der Waals surface area contributed by atoms with Gasteiger partial charge in [-0.1, -0.05) is 114 Å². The van der Waals surface area contributed by atoms with Crippen molar-refractivity contribution in [1.29, 1.82) is 0 Å². The minimum atomic E-state index is 0.514. The van der Waals surface area contributed by atoms with Crippen molar-refractivity contribution in [2.75, 3.05) is 0 Å². The molecule has 0 fully saturated rings. The number of hydrogen-bond donors (Lipinski definition) is 0. The first-order valence-corrected chi connectivity index (χ1v) is 13.2. The molecule has 184 valence electrons. The molecule has 1 aromatic heterocycles. The van der Waals surface area contributed by atoms with Gasteiger partial charge in [0.25, 0.3) is 0 Å². The number of allylic oxidation sites excluding steroid dienone is 1. The molecule has 4 rings (SSSR count). The van der Waals surface area contributed by atoms with Crippen LogP contribution in [0, 0.1) is 5.92 Å². The van der Waals surface area contributed by atoms with Crippen LogP contribution < -0.4 is 0 Å². The zero-order chi connectivity index (χ0) is 25.4. The van der Waals surface area contributed by atoms with Crippen LogP contribution in [0.15, 0.2) is 85.6 Å². The van der Waals surface area contributed by atoms with Gasteiger partial charge in [-0.25, -0.2) is 0 Å². The summed E-state index contributed by atoms with van der Waals surface area (Å²) in [6.45, 7) is 15.5. The van der Waals surface area contributed by atoms with E-state index in [1.165, 1.54) is 50.7 Å². The molecule has 0 radical (unpaired) electrons. The van der Waals surface area contributed by atoms with Crippen molar-refractivity contribution in [2.24, 2.45) is 13.0 Å². The second-order valence-electron chi connectivity index (χ2n) is 10.4. The minimum Gasteiger partial charge on any atom is -0.350 e. The molecule has 1 heterocycles. The Morgan fingerprint density at radius 2 is 1.31 bits per heavy atom.